The van der Waals surface area contributed by atoms with Crippen LogP contribution in [0.15, 0.2) is 29.3 Å². The number of hydrogen-bond acceptors (Lipinski definition) is 3. The van der Waals surface area contributed by atoms with Crippen LogP contribution in [0.2, 0.25) is 0 Å². The molecule has 0 bridgehead atoms. The maximum atomic E-state index is 12.0. The van der Waals surface area contributed by atoms with Gasteiger partial charge < -0.3 is 10.1 Å². The SMILES string of the molecule is C=CCc1cc(Br)cc2c1NC(C)CC2C(=O)OC. The Balaban J connectivity index is 2.53. The third kappa shape index (κ3) is 2.84. The van der Waals surface area contributed by atoms with Crippen molar-refractivity contribution in [2.75, 3.05) is 12.4 Å². The number of hydrogen-bond donors (Lipinski definition) is 1. The van der Waals surface area contributed by atoms with E-state index in [4.69, 9.17) is 4.74 Å². The first-order chi connectivity index (χ1) is 9.06. The molecule has 2 atom stereocenters. The summed E-state index contributed by atoms with van der Waals surface area (Å²) in [4.78, 5) is 12.0. The molecule has 0 saturated carbocycles. The van der Waals surface area contributed by atoms with E-state index in [-0.39, 0.29) is 17.9 Å². The first-order valence-electron chi connectivity index (χ1n) is 6.34. The zero-order valence-electron chi connectivity index (χ0n) is 11.2. The lowest BCUT2D eigenvalue weighted by Crippen LogP contribution is -2.30. The minimum atomic E-state index is -0.197. The largest absolute Gasteiger partial charge is 0.469 e. The lowest BCUT2D eigenvalue weighted by molar-refractivity contribution is -0.142. The number of esters is 1. The van der Waals surface area contributed by atoms with E-state index in [0.717, 1.165) is 34.1 Å². The third-order valence-electron chi connectivity index (χ3n) is 3.42. The molecule has 3 nitrogen and oxygen atoms in total. The predicted molar refractivity (Wildman–Crippen MR) is 80.5 cm³/mol. The molecule has 2 rings (SSSR count). The van der Waals surface area contributed by atoms with Crippen molar-refractivity contribution in [1.82, 2.24) is 0 Å². The zero-order chi connectivity index (χ0) is 14.0. The van der Waals surface area contributed by atoms with E-state index in [1.807, 2.05) is 12.1 Å². The number of rotatable bonds is 3. The van der Waals surface area contributed by atoms with Gasteiger partial charge in [0.15, 0.2) is 0 Å². The standard InChI is InChI=1S/C15H18BrNO2/c1-4-5-10-7-11(16)8-12-13(15(18)19-3)6-9(2)17-14(10)12/h4,7-9,13,17H,1,5-6H2,2-3H3. The highest BCUT2D eigenvalue weighted by molar-refractivity contribution is 9.10. The summed E-state index contributed by atoms with van der Waals surface area (Å²) in [5, 5.41) is 3.47. The quantitative estimate of drug-likeness (QED) is 0.681. The van der Waals surface area contributed by atoms with Crippen molar-refractivity contribution in [2.45, 2.75) is 31.7 Å². The van der Waals surface area contributed by atoms with Crippen LogP contribution in [-0.4, -0.2) is 19.1 Å². The molecule has 1 aliphatic heterocycles. The summed E-state index contributed by atoms with van der Waals surface area (Å²) in [7, 11) is 1.44. The molecule has 4 heteroatoms. The highest BCUT2D eigenvalue weighted by atomic mass is 79.9. The van der Waals surface area contributed by atoms with Crippen LogP contribution in [0, 0.1) is 0 Å². The number of carbonyl (C=O) groups excluding carboxylic acids is 1. The van der Waals surface area contributed by atoms with Crippen LogP contribution in [-0.2, 0) is 16.0 Å². The average molecular weight is 324 g/mol. The van der Waals surface area contributed by atoms with Crippen LogP contribution >= 0.6 is 15.9 Å². The molecule has 0 saturated heterocycles. The second kappa shape index (κ2) is 5.78. The van der Waals surface area contributed by atoms with Crippen LogP contribution in [0.5, 0.6) is 0 Å². The lowest BCUT2D eigenvalue weighted by Gasteiger charge is -2.31. The van der Waals surface area contributed by atoms with Gasteiger partial charge in [0.05, 0.1) is 13.0 Å². The van der Waals surface area contributed by atoms with E-state index in [1.54, 1.807) is 0 Å². The van der Waals surface area contributed by atoms with E-state index in [0.29, 0.717) is 0 Å². The normalized spacial score (nSPS) is 21.2. The van der Waals surface area contributed by atoms with Crippen molar-refractivity contribution in [3.63, 3.8) is 0 Å². The van der Waals surface area contributed by atoms with Crippen molar-refractivity contribution in [2.24, 2.45) is 0 Å². The van der Waals surface area contributed by atoms with Gasteiger partial charge in [-0.1, -0.05) is 22.0 Å². The summed E-state index contributed by atoms with van der Waals surface area (Å²) in [6, 6.07) is 4.32. The molecule has 1 aromatic carbocycles. The van der Waals surface area contributed by atoms with Crippen molar-refractivity contribution >= 4 is 27.6 Å². The second-order valence-corrected chi connectivity index (χ2v) is 5.79. The van der Waals surface area contributed by atoms with Gasteiger partial charge in [-0.3, -0.25) is 4.79 Å². The summed E-state index contributed by atoms with van der Waals surface area (Å²) < 4.78 is 5.91. The summed E-state index contributed by atoms with van der Waals surface area (Å²) in [5.74, 6) is -0.366. The molecular weight excluding hydrogens is 306 g/mol. The highest BCUT2D eigenvalue weighted by Crippen LogP contribution is 2.39. The van der Waals surface area contributed by atoms with Crippen molar-refractivity contribution in [1.29, 1.82) is 0 Å². The first kappa shape index (κ1) is 14.1. The Hall–Kier alpha value is -1.29. The molecule has 0 amide bonds. The van der Waals surface area contributed by atoms with Gasteiger partial charge in [0.1, 0.15) is 0 Å². The summed E-state index contributed by atoms with van der Waals surface area (Å²) in [6.45, 7) is 5.87. The lowest BCUT2D eigenvalue weighted by atomic mass is 9.85. The molecule has 1 N–H and O–H groups in total. The fourth-order valence-electron chi connectivity index (χ4n) is 2.61. The van der Waals surface area contributed by atoms with Gasteiger partial charge in [0.25, 0.3) is 0 Å². The summed E-state index contributed by atoms with van der Waals surface area (Å²) in [6.07, 6.45) is 3.40. The van der Waals surface area contributed by atoms with Crippen LogP contribution in [0.4, 0.5) is 5.69 Å². The van der Waals surface area contributed by atoms with Gasteiger partial charge in [0, 0.05) is 16.2 Å². The first-order valence-corrected chi connectivity index (χ1v) is 7.13. The number of nitrogens with one attached hydrogen (secondary N) is 1. The maximum Gasteiger partial charge on any atom is 0.313 e. The van der Waals surface area contributed by atoms with E-state index >= 15 is 0 Å². The number of carbonyl (C=O) groups is 1. The van der Waals surface area contributed by atoms with Crippen LogP contribution in [0.1, 0.15) is 30.4 Å². The number of benzene rings is 1. The fourth-order valence-corrected chi connectivity index (χ4v) is 3.13. The number of ether oxygens (including phenoxy) is 1. The topological polar surface area (TPSA) is 38.3 Å². The van der Waals surface area contributed by atoms with Gasteiger partial charge >= 0.3 is 5.97 Å². The molecule has 102 valence electrons. The highest BCUT2D eigenvalue weighted by Gasteiger charge is 2.31. The molecule has 1 aliphatic rings. The van der Waals surface area contributed by atoms with Crippen molar-refractivity contribution in [3.05, 3.63) is 40.4 Å². The van der Waals surface area contributed by atoms with Gasteiger partial charge in [-0.05, 0) is 43.0 Å². The molecule has 0 aliphatic carbocycles. The van der Waals surface area contributed by atoms with Crippen LogP contribution < -0.4 is 5.32 Å². The Labute approximate surface area is 122 Å². The second-order valence-electron chi connectivity index (χ2n) is 4.88. The Bertz CT molecular complexity index is 513. The molecule has 0 spiro atoms. The number of allylic oxidation sites excluding steroid dienone is 1. The Morgan fingerprint density at radius 3 is 3.00 bits per heavy atom. The molecule has 1 heterocycles. The van der Waals surface area contributed by atoms with Crippen LogP contribution in [0.3, 0.4) is 0 Å². The van der Waals surface area contributed by atoms with E-state index < -0.39 is 0 Å². The molecule has 0 aromatic heterocycles. The molecule has 1 aromatic rings. The maximum absolute atomic E-state index is 12.0. The minimum Gasteiger partial charge on any atom is -0.469 e. The zero-order valence-corrected chi connectivity index (χ0v) is 12.8. The van der Waals surface area contributed by atoms with Crippen molar-refractivity contribution in [3.8, 4) is 0 Å². The van der Waals surface area contributed by atoms with E-state index in [1.165, 1.54) is 7.11 Å². The summed E-state index contributed by atoms with van der Waals surface area (Å²) in [5.41, 5.74) is 3.22. The van der Waals surface area contributed by atoms with Gasteiger partial charge in [-0.25, -0.2) is 0 Å². The van der Waals surface area contributed by atoms with E-state index in [9.17, 15) is 4.79 Å². The van der Waals surface area contributed by atoms with Crippen molar-refractivity contribution < 1.29 is 9.53 Å². The Morgan fingerprint density at radius 2 is 2.37 bits per heavy atom. The van der Waals surface area contributed by atoms with E-state index in [2.05, 4.69) is 40.8 Å². The van der Waals surface area contributed by atoms with Gasteiger partial charge in [-0.15, -0.1) is 6.58 Å². The third-order valence-corrected chi connectivity index (χ3v) is 3.88. The molecular formula is C15H18BrNO2. The smallest absolute Gasteiger partial charge is 0.313 e. The van der Waals surface area contributed by atoms with Gasteiger partial charge in [0.2, 0.25) is 0 Å². The number of anilines is 1. The molecule has 2 unspecified atom stereocenters. The molecule has 0 radical (unpaired) electrons. The fraction of sp³-hybridized carbons (Fsp3) is 0.400. The monoisotopic (exact) mass is 323 g/mol. The Kier molecular flexibility index (Phi) is 4.30. The molecule has 0 fully saturated rings. The minimum absolute atomic E-state index is 0.169. The summed E-state index contributed by atoms with van der Waals surface area (Å²) >= 11 is 3.51. The van der Waals surface area contributed by atoms with Gasteiger partial charge in [-0.2, -0.15) is 0 Å². The predicted octanol–water partition coefficient (Wildman–Crippen LogP) is 3.64. The Morgan fingerprint density at radius 1 is 1.63 bits per heavy atom. The number of methoxy groups -OCH3 is 1. The molecule has 19 heavy (non-hydrogen) atoms. The van der Waals surface area contributed by atoms with Crippen LogP contribution in [0.25, 0.3) is 0 Å². The average Bonchev–Trinajstić information content (AvgIpc) is 2.38. The number of fused-ring (bicyclic) bond motifs is 1. The number of halogens is 1.